The standard InChI is InChI=1S/C15H25NO/c1-4-6-9-13(5-2)12-16-14-10-7-8-11-15(14)17-3/h7-8,10-11,13,16H,4-6,9,12H2,1-3H3. The normalized spacial score (nSPS) is 12.2. The lowest BCUT2D eigenvalue weighted by molar-refractivity contribution is 0.415. The van der Waals surface area contributed by atoms with E-state index in [-0.39, 0.29) is 0 Å². The van der Waals surface area contributed by atoms with E-state index in [1.54, 1.807) is 7.11 Å². The molecule has 1 unspecified atom stereocenters. The first kappa shape index (κ1) is 13.9. The van der Waals surface area contributed by atoms with E-state index < -0.39 is 0 Å². The molecule has 0 amide bonds. The van der Waals surface area contributed by atoms with Crippen LogP contribution in [0.2, 0.25) is 0 Å². The van der Waals surface area contributed by atoms with Crippen molar-refractivity contribution in [2.45, 2.75) is 39.5 Å². The van der Waals surface area contributed by atoms with Gasteiger partial charge in [0.1, 0.15) is 5.75 Å². The Balaban J connectivity index is 2.47. The minimum Gasteiger partial charge on any atom is -0.495 e. The van der Waals surface area contributed by atoms with Gasteiger partial charge in [0.15, 0.2) is 0 Å². The number of ether oxygens (including phenoxy) is 1. The molecule has 1 aromatic rings. The summed E-state index contributed by atoms with van der Waals surface area (Å²) in [6.45, 7) is 5.56. The summed E-state index contributed by atoms with van der Waals surface area (Å²) in [4.78, 5) is 0. The minimum atomic E-state index is 0.764. The molecule has 0 saturated heterocycles. The van der Waals surface area contributed by atoms with Crippen LogP contribution in [0.1, 0.15) is 39.5 Å². The SMILES string of the molecule is CCCCC(CC)CNc1ccccc1OC. The number of para-hydroxylation sites is 2. The lowest BCUT2D eigenvalue weighted by Crippen LogP contribution is -2.14. The largest absolute Gasteiger partial charge is 0.495 e. The Labute approximate surface area is 105 Å². The van der Waals surface area contributed by atoms with Crippen molar-refractivity contribution in [3.63, 3.8) is 0 Å². The molecule has 1 atom stereocenters. The summed E-state index contributed by atoms with van der Waals surface area (Å²) in [5.41, 5.74) is 1.10. The first-order valence-electron chi connectivity index (χ1n) is 6.68. The molecule has 1 rings (SSSR count). The van der Waals surface area contributed by atoms with Crippen molar-refractivity contribution in [1.82, 2.24) is 0 Å². The van der Waals surface area contributed by atoms with Gasteiger partial charge < -0.3 is 10.1 Å². The van der Waals surface area contributed by atoms with Crippen LogP contribution < -0.4 is 10.1 Å². The lowest BCUT2D eigenvalue weighted by atomic mass is 9.99. The van der Waals surface area contributed by atoms with Crippen LogP contribution in [0, 0.1) is 5.92 Å². The second kappa shape index (κ2) is 7.99. The Hall–Kier alpha value is -1.18. The molecule has 0 aromatic heterocycles. The summed E-state index contributed by atoms with van der Waals surface area (Å²) < 4.78 is 5.33. The molecule has 96 valence electrons. The molecule has 0 aliphatic heterocycles. The van der Waals surface area contributed by atoms with Gasteiger partial charge in [-0.2, -0.15) is 0 Å². The quantitative estimate of drug-likeness (QED) is 0.724. The van der Waals surface area contributed by atoms with Crippen molar-refractivity contribution in [2.75, 3.05) is 19.0 Å². The third-order valence-electron chi connectivity index (χ3n) is 3.23. The number of rotatable bonds is 8. The van der Waals surface area contributed by atoms with Gasteiger partial charge in [0.25, 0.3) is 0 Å². The molecule has 2 nitrogen and oxygen atoms in total. The molecule has 0 fully saturated rings. The number of hydrogen-bond acceptors (Lipinski definition) is 2. The smallest absolute Gasteiger partial charge is 0.141 e. The summed E-state index contributed by atoms with van der Waals surface area (Å²) in [6.07, 6.45) is 5.16. The third-order valence-corrected chi connectivity index (χ3v) is 3.23. The van der Waals surface area contributed by atoms with E-state index in [9.17, 15) is 0 Å². The van der Waals surface area contributed by atoms with Gasteiger partial charge >= 0.3 is 0 Å². The van der Waals surface area contributed by atoms with Crippen LogP contribution in [0.5, 0.6) is 5.75 Å². The van der Waals surface area contributed by atoms with E-state index in [0.717, 1.165) is 23.9 Å². The maximum absolute atomic E-state index is 5.33. The molecular formula is C15H25NO. The van der Waals surface area contributed by atoms with Crippen LogP contribution in [0.25, 0.3) is 0 Å². The van der Waals surface area contributed by atoms with Crippen molar-refractivity contribution >= 4 is 5.69 Å². The predicted octanol–water partition coefficient (Wildman–Crippen LogP) is 4.32. The summed E-state index contributed by atoms with van der Waals surface area (Å²) in [6, 6.07) is 8.11. The number of hydrogen-bond donors (Lipinski definition) is 1. The minimum absolute atomic E-state index is 0.764. The highest BCUT2D eigenvalue weighted by molar-refractivity contribution is 5.56. The van der Waals surface area contributed by atoms with Crippen LogP contribution in [0.4, 0.5) is 5.69 Å². The molecular weight excluding hydrogens is 210 g/mol. The van der Waals surface area contributed by atoms with Gasteiger partial charge in [0.05, 0.1) is 12.8 Å². The van der Waals surface area contributed by atoms with Crippen molar-refractivity contribution < 1.29 is 4.74 Å². The fraction of sp³-hybridized carbons (Fsp3) is 0.600. The summed E-state index contributed by atoms with van der Waals surface area (Å²) in [5.74, 6) is 1.69. The summed E-state index contributed by atoms with van der Waals surface area (Å²) in [5, 5.41) is 3.50. The molecule has 0 radical (unpaired) electrons. The molecule has 0 spiro atoms. The highest BCUT2D eigenvalue weighted by Crippen LogP contribution is 2.24. The Morgan fingerprint density at radius 3 is 2.65 bits per heavy atom. The molecule has 1 aromatic carbocycles. The van der Waals surface area contributed by atoms with Gasteiger partial charge in [-0.25, -0.2) is 0 Å². The molecule has 0 saturated carbocycles. The van der Waals surface area contributed by atoms with E-state index in [1.165, 1.54) is 25.7 Å². The molecule has 0 bridgehead atoms. The second-order valence-corrected chi connectivity index (χ2v) is 4.50. The van der Waals surface area contributed by atoms with E-state index in [1.807, 2.05) is 18.2 Å². The number of unbranched alkanes of at least 4 members (excludes halogenated alkanes) is 1. The molecule has 1 N–H and O–H groups in total. The number of benzene rings is 1. The van der Waals surface area contributed by atoms with Gasteiger partial charge in [-0.05, 0) is 24.5 Å². The average Bonchev–Trinajstić information content (AvgIpc) is 2.39. The van der Waals surface area contributed by atoms with E-state index >= 15 is 0 Å². The van der Waals surface area contributed by atoms with Crippen molar-refractivity contribution in [1.29, 1.82) is 0 Å². The zero-order valence-electron chi connectivity index (χ0n) is 11.3. The monoisotopic (exact) mass is 235 g/mol. The molecule has 2 heteroatoms. The van der Waals surface area contributed by atoms with Crippen LogP contribution in [0.3, 0.4) is 0 Å². The zero-order valence-corrected chi connectivity index (χ0v) is 11.3. The maximum Gasteiger partial charge on any atom is 0.141 e. The van der Waals surface area contributed by atoms with E-state index in [0.29, 0.717) is 0 Å². The van der Waals surface area contributed by atoms with Crippen LogP contribution in [-0.2, 0) is 0 Å². The summed E-state index contributed by atoms with van der Waals surface area (Å²) in [7, 11) is 1.72. The van der Waals surface area contributed by atoms with Crippen molar-refractivity contribution in [3.8, 4) is 5.75 Å². The first-order chi connectivity index (χ1) is 8.31. The number of anilines is 1. The fourth-order valence-electron chi connectivity index (χ4n) is 1.99. The predicted molar refractivity (Wildman–Crippen MR) is 74.8 cm³/mol. The fourth-order valence-corrected chi connectivity index (χ4v) is 1.99. The van der Waals surface area contributed by atoms with Gasteiger partial charge in [-0.1, -0.05) is 45.2 Å². The Bertz CT molecular complexity index is 312. The Morgan fingerprint density at radius 2 is 2.00 bits per heavy atom. The van der Waals surface area contributed by atoms with Crippen molar-refractivity contribution in [2.24, 2.45) is 5.92 Å². The molecule has 0 aliphatic carbocycles. The number of methoxy groups -OCH3 is 1. The highest BCUT2D eigenvalue weighted by atomic mass is 16.5. The van der Waals surface area contributed by atoms with Crippen LogP contribution in [-0.4, -0.2) is 13.7 Å². The third kappa shape index (κ3) is 4.68. The summed E-state index contributed by atoms with van der Waals surface area (Å²) >= 11 is 0. The van der Waals surface area contributed by atoms with Gasteiger partial charge in [-0.15, -0.1) is 0 Å². The Morgan fingerprint density at radius 1 is 1.24 bits per heavy atom. The zero-order chi connectivity index (χ0) is 12.5. The molecule has 17 heavy (non-hydrogen) atoms. The number of nitrogens with one attached hydrogen (secondary N) is 1. The topological polar surface area (TPSA) is 21.3 Å². The van der Waals surface area contributed by atoms with Crippen molar-refractivity contribution in [3.05, 3.63) is 24.3 Å². The van der Waals surface area contributed by atoms with E-state index in [2.05, 4.69) is 25.2 Å². The van der Waals surface area contributed by atoms with E-state index in [4.69, 9.17) is 4.74 Å². The molecule has 0 aliphatic rings. The van der Waals surface area contributed by atoms with Crippen LogP contribution in [0.15, 0.2) is 24.3 Å². The second-order valence-electron chi connectivity index (χ2n) is 4.50. The Kier molecular flexibility index (Phi) is 6.53. The average molecular weight is 235 g/mol. The van der Waals surface area contributed by atoms with Gasteiger partial charge in [0, 0.05) is 6.54 Å². The maximum atomic E-state index is 5.33. The lowest BCUT2D eigenvalue weighted by Gasteiger charge is -2.17. The highest BCUT2D eigenvalue weighted by Gasteiger charge is 2.07. The van der Waals surface area contributed by atoms with Crippen LogP contribution >= 0.6 is 0 Å². The molecule has 0 heterocycles. The first-order valence-corrected chi connectivity index (χ1v) is 6.68. The van der Waals surface area contributed by atoms with Gasteiger partial charge in [-0.3, -0.25) is 0 Å². The van der Waals surface area contributed by atoms with Gasteiger partial charge in [0.2, 0.25) is 0 Å².